The Kier molecular flexibility index (Phi) is 4.73. The van der Waals surface area contributed by atoms with Crippen molar-refractivity contribution in [2.45, 2.75) is 45.6 Å². The summed E-state index contributed by atoms with van der Waals surface area (Å²) < 4.78 is 0. The SMILES string of the molecule is CCN(Cc1ccccn1)C(=N)C1CCCCC1. The van der Waals surface area contributed by atoms with Gasteiger partial charge in [-0.25, -0.2) is 0 Å². The molecule has 3 nitrogen and oxygen atoms in total. The van der Waals surface area contributed by atoms with Crippen LogP contribution in [0.1, 0.15) is 44.7 Å². The number of amidine groups is 1. The highest BCUT2D eigenvalue weighted by Gasteiger charge is 2.22. The maximum absolute atomic E-state index is 8.39. The predicted molar refractivity (Wildman–Crippen MR) is 74.6 cm³/mol. The largest absolute Gasteiger partial charge is 0.355 e. The molecule has 98 valence electrons. The molecule has 1 saturated carbocycles. The van der Waals surface area contributed by atoms with Crippen molar-refractivity contribution in [1.82, 2.24) is 9.88 Å². The third-order valence-corrected chi connectivity index (χ3v) is 3.79. The number of rotatable bonds is 4. The van der Waals surface area contributed by atoms with Crippen molar-refractivity contribution in [2.24, 2.45) is 5.92 Å². The average Bonchev–Trinajstić information content (AvgIpc) is 2.46. The van der Waals surface area contributed by atoms with Crippen molar-refractivity contribution in [3.05, 3.63) is 30.1 Å². The second-order valence-corrected chi connectivity index (χ2v) is 5.06. The summed E-state index contributed by atoms with van der Waals surface area (Å²) >= 11 is 0. The fourth-order valence-electron chi connectivity index (χ4n) is 2.69. The summed E-state index contributed by atoms with van der Waals surface area (Å²) in [4.78, 5) is 6.52. The van der Waals surface area contributed by atoms with E-state index in [1.807, 2.05) is 24.4 Å². The summed E-state index contributed by atoms with van der Waals surface area (Å²) in [5.74, 6) is 1.30. The molecule has 2 rings (SSSR count). The van der Waals surface area contributed by atoms with Gasteiger partial charge in [-0.2, -0.15) is 0 Å². The molecule has 0 bridgehead atoms. The predicted octanol–water partition coefficient (Wildman–Crippen LogP) is 3.46. The van der Waals surface area contributed by atoms with E-state index >= 15 is 0 Å². The Hall–Kier alpha value is -1.38. The Morgan fingerprint density at radius 2 is 2.11 bits per heavy atom. The highest BCUT2D eigenvalue weighted by molar-refractivity contribution is 5.81. The summed E-state index contributed by atoms with van der Waals surface area (Å²) in [6.07, 6.45) is 8.13. The molecule has 18 heavy (non-hydrogen) atoms. The molecule has 1 heterocycles. The highest BCUT2D eigenvalue weighted by atomic mass is 15.2. The molecule has 0 radical (unpaired) electrons. The van der Waals surface area contributed by atoms with Crippen LogP contribution in [0.25, 0.3) is 0 Å². The molecule has 0 aromatic carbocycles. The molecule has 0 spiro atoms. The van der Waals surface area contributed by atoms with Crippen LogP contribution >= 0.6 is 0 Å². The Bertz CT molecular complexity index is 369. The van der Waals surface area contributed by atoms with Crippen LogP contribution in [0.2, 0.25) is 0 Å². The first-order chi connectivity index (χ1) is 8.81. The minimum atomic E-state index is 0.474. The molecule has 0 atom stereocenters. The molecular formula is C15H23N3. The van der Waals surface area contributed by atoms with Crippen molar-refractivity contribution in [3.8, 4) is 0 Å². The fraction of sp³-hybridized carbons (Fsp3) is 0.600. The van der Waals surface area contributed by atoms with Gasteiger partial charge in [0.1, 0.15) is 0 Å². The zero-order valence-corrected chi connectivity index (χ0v) is 11.2. The Labute approximate surface area is 110 Å². The van der Waals surface area contributed by atoms with E-state index in [0.29, 0.717) is 5.92 Å². The number of pyridine rings is 1. The van der Waals surface area contributed by atoms with Crippen LogP contribution in [0, 0.1) is 11.3 Å². The number of aromatic nitrogens is 1. The van der Waals surface area contributed by atoms with Crippen molar-refractivity contribution in [3.63, 3.8) is 0 Å². The Balaban J connectivity index is 1.97. The molecule has 1 aromatic rings. The lowest BCUT2D eigenvalue weighted by Crippen LogP contribution is -2.36. The zero-order valence-electron chi connectivity index (χ0n) is 11.2. The van der Waals surface area contributed by atoms with Gasteiger partial charge in [0.05, 0.1) is 18.1 Å². The molecule has 1 aliphatic carbocycles. The summed E-state index contributed by atoms with van der Waals surface area (Å²) in [5, 5.41) is 8.39. The van der Waals surface area contributed by atoms with Crippen LogP contribution in [0.3, 0.4) is 0 Å². The summed E-state index contributed by atoms with van der Waals surface area (Å²) in [7, 11) is 0. The van der Waals surface area contributed by atoms with Gasteiger partial charge in [-0.15, -0.1) is 0 Å². The van der Waals surface area contributed by atoms with Crippen molar-refractivity contribution >= 4 is 5.84 Å². The maximum atomic E-state index is 8.39. The van der Waals surface area contributed by atoms with Crippen LogP contribution in [0.15, 0.2) is 24.4 Å². The number of nitrogens with one attached hydrogen (secondary N) is 1. The molecule has 1 N–H and O–H groups in total. The van der Waals surface area contributed by atoms with Gasteiger partial charge in [0.2, 0.25) is 0 Å². The quantitative estimate of drug-likeness (QED) is 0.652. The van der Waals surface area contributed by atoms with Gasteiger partial charge in [-0.3, -0.25) is 10.4 Å². The molecule has 0 unspecified atom stereocenters. The lowest BCUT2D eigenvalue weighted by Gasteiger charge is -2.31. The van der Waals surface area contributed by atoms with Crippen LogP contribution < -0.4 is 0 Å². The minimum Gasteiger partial charge on any atom is -0.355 e. The molecule has 1 aliphatic rings. The monoisotopic (exact) mass is 245 g/mol. The van der Waals surface area contributed by atoms with Gasteiger partial charge in [0, 0.05) is 18.7 Å². The van der Waals surface area contributed by atoms with Crippen LogP contribution in [-0.4, -0.2) is 22.3 Å². The second kappa shape index (κ2) is 6.53. The first-order valence-electron chi connectivity index (χ1n) is 7.04. The molecular weight excluding hydrogens is 222 g/mol. The smallest absolute Gasteiger partial charge is 0.0992 e. The van der Waals surface area contributed by atoms with E-state index in [1.165, 1.54) is 32.1 Å². The number of hydrogen-bond donors (Lipinski definition) is 1. The van der Waals surface area contributed by atoms with E-state index in [-0.39, 0.29) is 0 Å². The van der Waals surface area contributed by atoms with Gasteiger partial charge >= 0.3 is 0 Å². The van der Waals surface area contributed by atoms with Gasteiger partial charge in [-0.05, 0) is 31.9 Å². The summed E-state index contributed by atoms with van der Waals surface area (Å²) in [6, 6.07) is 5.99. The topological polar surface area (TPSA) is 40.0 Å². The third kappa shape index (κ3) is 3.31. The van der Waals surface area contributed by atoms with E-state index in [9.17, 15) is 0 Å². The minimum absolute atomic E-state index is 0.474. The van der Waals surface area contributed by atoms with Crippen LogP contribution in [0.5, 0.6) is 0 Å². The fourth-order valence-corrected chi connectivity index (χ4v) is 2.69. The van der Waals surface area contributed by atoms with Gasteiger partial charge < -0.3 is 4.90 Å². The number of hydrogen-bond acceptors (Lipinski definition) is 2. The van der Waals surface area contributed by atoms with Crippen molar-refractivity contribution in [2.75, 3.05) is 6.54 Å². The molecule has 1 aromatic heterocycles. The van der Waals surface area contributed by atoms with Crippen LogP contribution in [0.4, 0.5) is 0 Å². The van der Waals surface area contributed by atoms with E-state index in [2.05, 4.69) is 16.8 Å². The normalized spacial score (nSPS) is 16.5. The maximum Gasteiger partial charge on any atom is 0.0992 e. The first-order valence-corrected chi connectivity index (χ1v) is 7.04. The molecule has 1 fully saturated rings. The summed E-state index contributed by atoms with van der Waals surface area (Å²) in [5.41, 5.74) is 1.06. The van der Waals surface area contributed by atoms with Gasteiger partial charge in [-0.1, -0.05) is 25.3 Å². The molecule has 3 heteroatoms. The molecule has 0 amide bonds. The van der Waals surface area contributed by atoms with E-state index in [0.717, 1.165) is 24.6 Å². The summed E-state index contributed by atoms with van der Waals surface area (Å²) in [6.45, 7) is 3.79. The van der Waals surface area contributed by atoms with E-state index < -0.39 is 0 Å². The third-order valence-electron chi connectivity index (χ3n) is 3.79. The van der Waals surface area contributed by atoms with Gasteiger partial charge in [0.15, 0.2) is 0 Å². The second-order valence-electron chi connectivity index (χ2n) is 5.06. The van der Waals surface area contributed by atoms with Gasteiger partial charge in [0.25, 0.3) is 0 Å². The van der Waals surface area contributed by atoms with E-state index in [1.54, 1.807) is 0 Å². The molecule has 0 aliphatic heterocycles. The van der Waals surface area contributed by atoms with E-state index in [4.69, 9.17) is 5.41 Å². The van der Waals surface area contributed by atoms with Crippen molar-refractivity contribution in [1.29, 1.82) is 5.41 Å². The Morgan fingerprint density at radius 1 is 1.33 bits per heavy atom. The standard InChI is InChI=1S/C15H23N3/c1-2-18(12-14-10-6-7-11-17-14)15(16)13-8-4-3-5-9-13/h6-7,10-11,13,16H,2-5,8-9,12H2,1H3. The van der Waals surface area contributed by atoms with Crippen molar-refractivity contribution < 1.29 is 0 Å². The lowest BCUT2D eigenvalue weighted by atomic mass is 9.88. The number of nitrogens with zero attached hydrogens (tertiary/aromatic N) is 2. The lowest BCUT2D eigenvalue weighted by molar-refractivity contribution is 0.355. The van der Waals surface area contributed by atoms with Crippen LogP contribution in [-0.2, 0) is 6.54 Å². The average molecular weight is 245 g/mol. The first kappa shape index (κ1) is 13.1. The Morgan fingerprint density at radius 3 is 2.72 bits per heavy atom. The molecule has 0 saturated heterocycles. The highest BCUT2D eigenvalue weighted by Crippen LogP contribution is 2.26. The zero-order chi connectivity index (χ0) is 12.8.